The molecule has 4 rings (SSSR count). The minimum atomic E-state index is -0.259. The van der Waals surface area contributed by atoms with Gasteiger partial charge in [-0.15, -0.1) is 0 Å². The molecule has 0 bridgehead atoms. The highest BCUT2D eigenvalue weighted by atomic mass is 35.5. The van der Waals surface area contributed by atoms with Crippen molar-refractivity contribution in [3.05, 3.63) is 93.9 Å². The van der Waals surface area contributed by atoms with Crippen LogP contribution in [-0.2, 0) is 35.8 Å². The molecule has 8 heteroatoms. The lowest BCUT2D eigenvalue weighted by Gasteiger charge is -2.36. The van der Waals surface area contributed by atoms with Crippen molar-refractivity contribution in [1.29, 1.82) is 0 Å². The van der Waals surface area contributed by atoms with Crippen LogP contribution in [-0.4, -0.2) is 53.5 Å². The number of benzene rings is 2. The van der Waals surface area contributed by atoms with Crippen molar-refractivity contribution < 1.29 is 13.9 Å². The fourth-order valence-corrected chi connectivity index (χ4v) is 4.94. The second-order valence-electron chi connectivity index (χ2n) is 10.3. The van der Waals surface area contributed by atoms with Crippen molar-refractivity contribution in [3.8, 4) is 0 Å². The molecule has 0 atom stereocenters. The minimum absolute atomic E-state index is 0.147. The Labute approximate surface area is 236 Å². The zero-order chi connectivity index (χ0) is 27.8. The molecule has 3 aromatic rings. The van der Waals surface area contributed by atoms with Crippen molar-refractivity contribution >= 4 is 23.4 Å². The topological polar surface area (TPSA) is 48.9 Å². The first-order valence-corrected chi connectivity index (χ1v) is 14.0. The number of halogens is 2. The van der Waals surface area contributed by atoms with Crippen molar-refractivity contribution in [3.63, 3.8) is 0 Å². The summed E-state index contributed by atoms with van der Waals surface area (Å²) in [7, 11) is 0. The maximum atomic E-state index is 14.3. The second-order valence-corrected chi connectivity index (χ2v) is 10.7. The van der Waals surface area contributed by atoms with Crippen LogP contribution >= 0.6 is 11.6 Å². The summed E-state index contributed by atoms with van der Waals surface area (Å²) in [6, 6.07) is 17.4. The lowest BCUT2D eigenvalue weighted by molar-refractivity contribution is -0.148. The number of piperazine rings is 1. The molecule has 208 valence electrons. The summed E-state index contributed by atoms with van der Waals surface area (Å²) < 4.78 is 19.7. The summed E-state index contributed by atoms with van der Waals surface area (Å²) >= 11 is 6.24. The Balaban J connectivity index is 1.28. The number of hydrogen-bond acceptors (Lipinski definition) is 6. The maximum Gasteiger partial charge on any atom is 0.308 e. The number of anilines is 1. The van der Waals surface area contributed by atoms with E-state index >= 15 is 0 Å². The predicted molar refractivity (Wildman–Crippen MR) is 154 cm³/mol. The number of esters is 1. The highest BCUT2D eigenvalue weighted by Crippen LogP contribution is 2.23. The molecule has 0 unspecified atom stereocenters. The second kappa shape index (κ2) is 13.9. The summed E-state index contributed by atoms with van der Waals surface area (Å²) in [6.07, 6.45) is 1.79. The number of carbonyl (C=O) groups is 1. The van der Waals surface area contributed by atoms with Gasteiger partial charge in [-0.1, -0.05) is 68.8 Å². The van der Waals surface area contributed by atoms with E-state index in [1.165, 1.54) is 17.2 Å². The van der Waals surface area contributed by atoms with Gasteiger partial charge in [0.2, 0.25) is 0 Å². The van der Waals surface area contributed by atoms with E-state index in [-0.39, 0.29) is 24.3 Å². The van der Waals surface area contributed by atoms with Crippen LogP contribution in [0.3, 0.4) is 0 Å². The Bertz CT molecular complexity index is 1210. The van der Waals surface area contributed by atoms with Crippen LogP contribution in [0.5, 0.6) is 0 Å². The predicted octanol–water partition coefficient (Wildman–Crippen LogP) is 5.92. The van der Waals surface area contributed by atoms with Crippen molar-refractivity contribution in [2.75, 3.05) is 37.6 Å². The van der Waals surface area contributed by atoms with Crippen LogP contribution in [0.2, 0.25) is 5.02 Å². The Morgan fingerprint density at radius 1 is 1.03 bits per heavy atom. The number of ether oxygens (including phenoxy) is 1. The standard InChI is InChI=1S/C31H38ClFN4O2/c1-4-35(21-27-28(32)8-5-9-29(27)33)19-24-10-12-25(13-11-24)20-36-15-17-37(18-16-36)30-26(7-6-14-34-30)22-39-31(38)23(2)3/h5-14,23H,4,15-22H2,1-3H3. The molecule has 1 saturated heterocycles. The molecule has 1 fully saturated rings. The molecule has 1 aromatic heterocycles. The highest BCUT2D eigenvalue weighted by Gasteiger charge is 2.21. The Morgan fingerprint density at radius 2 is 1.74 bits per heavy atom. The highest BCUT2D eigenvalue weighted by molar-refractivity contribution is 6.31. The van der Waals surface area contributed by atoms with E-state index in [1.807, 2.05) is 26.0 Å². The number of carbonyl (C=O) groups excluding carboxylic acids is 1. The monoisotopic (exact) mass is 552 g/mol. The van der Waals surface area contributed by atoms with E-state index in [1.54, 1.807) is 18.3 Å². The van der Waals surface area contributed by atoms with Crippen LogP contribution in [0.1, 0.15) is 43.0 Å². The van der Waals surface area contributed by atoms with E-state index < -0.39 is 0 Å². The third-order valence-electron chi connectivity index (χ3n) is 7.11. The smallest absolute Gasteiger partial charge is 0.308 e. The van der Waals surface area contributed by atoms with E-state index in [9.17, 15) is 9.18 Å². The van der Waals surface area contributed by atoms with Crippen LogP contribution < -0.4 is 4.90 Å². The zero-order valence-electron chi connectivity index (χ0n) is 23.1. The molecule has 2 aromatic carbocycles. The Hall–Kier alpha value is -3.00. The molecule has 2 heterocycles. The fraction of sp³-hybridized carbons (Fsp3) is 0.419. The average molecular weight is 553 g/mol. The van der Waals surface area contributed by atoms with E-state index in [2.05, 4.69) is 50.9 Å². The van der Waals surface area contributed by atoms with Crippen molar-refractivity contribution in [2.24, 2.45) is 5.92 Å². The molecule has 0 radical (unpaired) electrons. The molecule has 1 aliphatic heterocycles. The van der Waals surface area contributed by atoms with Crippen LogP contribution in [0.4, 0.5) is 10.2 Å². The van der Waals surface area contributed by atoms with E-state index in [0.29, 0.717) is 17.1 Å². The fourth-order valence-electron chi connectivity index (χ4n) is 4.71. The number of nitrogens with zero attached hydrogens (tertiary/aromatic N) is 4. The van der Waals surface area contributed by atoms with Gasteiger partial charge < -0.3 is 9.64 Å². The lowest BCUT2D eigenvalue weighted by atomic mass is 10.1. The first-order chi connectivity index (χ1) is 18.8. The third kappa shape index (κ3) is 8.01. The first-order valence-electron chi connectivity index (χ1n) is 13.6. The van der Waals surface area contributed by atoms with Crippen LogP contribution in [0.15, 0.2) is 60.8 Å². The molecular weight excluding hydrogens is 515 g/mol. The van der Waals surface area contributed by atoms with E-state index in [4.69, 9.17) is 16.3 Å². The molecule has 6 nitrogen and oxygen atoms in total. The largest absolute Gasteiger partial charge is 0.460 e. The molecule has 0 spiro atoms. The Kier molecular flexibility index (Phi) is 10.3. The minimum Gasteiger partial charge on any atom is -0.460 e. The van der Waals surface area contributed by atoms with Gasteiger partial charge in [0.15, 0.2) is 0 Å². The van der Waals surface area contributed by atoms with Crippen LogP contribution in [0.25, 0.3) is 0 Å². The van der Waals surface area contributed by atoms with Crippen LogP contribution in [0, 0.1) is 11.7 Å². The average Bonchev–Trinajstić information content (AvgIpc) is 2.94. The lowest BCUT2D eigenvalue weighted by Crippen LogP contribution is -2.46. The van der Waals surface area contributed by atoms with Gasteiger partial charge in [0.25, 0.3) is 0 Å². The van der Waals surface area contributed by atoms with Gasteiger partial charge >= 0.3 is 5.97 Å². The number of rotatable bonds is 11. The molecule has 0 saturated carbocycles. The first kappa shape index (κ1) is 29.0. The summed E-state index contributed by atoms with van der Waals surface area (Å²) in [4.78, 5) is 23.4. The quantitative estimate of drug-likeness (QED) is 0.275. The SMILES string of the molecule is CCN(Cc1ccc(CN2CCN(c3ncccc3COC(=O)C(C)C)CC2)cc1)Cc1c(F)cccc1Cl. The molecule has 0 amide bonds. The molecule has 0 N–H and O–H groups in total. The number of hydrogen-bond donors (Lipinski definition) is 0. The summed E-state index contributed by atoms with van der Waals surface area (Å²) in [5, 5.41) is 0.470. The van der Waals surface area contributed by atoms with Gasteiger partial charge in [0.05, 0.1) is 5.92 Å². The van der Waals surface area contributed by atoms with Crippen molar-refractivity contribution in [2.45, 2.75) is 47.0 Å². The molecular formula is C31H38ClFN4O2. The Morgan fingerprint density at radius 3 is 2.41 bits per heavy atom. The maximum absolute atomic E-state index is 14.3. The third-order valence-corrected chi connectivity index (χ3v) is 7.46. The molecule has 39 heavy (non-hydrogen) atoms. The van der Waals surface area contributed by atoms with Gasteiger partial charge in [-0.3, -0.25) is 14.6 Å². The normalized spacial score (nSPS) is 14.3. The van der Waals surface area contributed by atoms with Gasteiger partial charge in [0, 0.05) is 68.2 Å². The molecule has 1 aliphatic rings. The number of aromatic nitrogens is 1. The van der Waals surface area contributed by atoms with Gasteiger partial charge in [-0.05, 0) is 35.9 Å². The molecule has 0 aliphatic carbocycles. The summed E-state index contributed by atoms with van der Waals surface area (Å²) in [5.41, 5.74) is 3.95. The summed E-state index contributed by atoms with van der Waals surface area (Å²) in [6.45, 7) is 12.5. The van der Waals surface area contributed by atoms with Gasteiger partial charge in [-0.25, -0.2) is 9.37 Å². The van der Waals surface area contributed by atoms with Crippen molar-refractivity contribution in [1.82, 2.24) is 14.8 Å². The zero-order valence-corrected chi connectivity index (χ0v) is 23.8. The number of pyridine rings is 1. The van der Waals surface area contributed by atoms with Gasteiger partial charge in [0.1, 0.15) is 18.2 Å². The van der Waals surface area contributed by atoms with E-state index in [0.717, 1.165) is 57.2 Å². The van der Waals surface area contributed by atoms with Gasteiger partial charge in [-0.2, -0.15) is 0 Å². The summed E-state index contributed by atoms with van der Waals surface area (Å²) in [5.74, 6) is 0.296.